The van der Waals surface area contributed by atoms with Crippen LogP contribution in [-0.4, -0.2) is 140 Å². The quantitative estimate of drug-likeness (QED) is 0.0204. The fourth-order valence-corrected chi connectivity index (χ4v) is 12.2. The molecule has 0 saturated carbocycles. The Balaban J connectivity index is 1.65. The van der Waals surface area contributed by atoms with E-state index in [1.165, 1.54) is 148 Å². The molecule has 0 spiro atoms. The number of aliphatic hydroxyl groups excluding tert-OH is 8. The first-order valence-corrected chi connectivity index (χ1v) is 38.6. The number of hydrogen-bond acceptors (Lipinski definition) is 13. The number of carbonyl (C=O) groups is 1. The average molecular weight is 1340 g/mol. The lowest BCUT2D eigenvalue weighted by atomic mass is 9.97. The highest BCUT2D eigenvalue weighted by Crippen LogP contribution is 2.30. The second-order valence-electron chi connectivity index (χ2n) is 26.8. The summed E-state index contributed by atoms with van der Waals surface area (Å²) in [6.07, 6.45) is 75.3. The van der Waals surface area contributed by atoms with Crippen LogP contribution in [0.3, 0.4) is 0 Å². The molecular weight excluding hydrogens is 1190 g/mol. The van der Waals surface area contributed by atoms with Crippen molar-refractivity contribution in [2.75, 3.05) is 19.8 Å². The van der Waals surface area contributed by atoms with Gasteiger partial charge >= 0.3 is 0 Å². The minimum atomic E-state index is -1.79. The molecule has 2 saturated heterocycles. The zero-order valence-corrected chi connectivity index (χ0v) is 59.9. The largest absolute Gasteiger partial charge is 0.394 e. The summed E-state index contributed by atoms with van der Waals surface area (Å²) in [5.41, 5.74) is 0. The molecule has 2 rings (SSSR count). The van der Waals surface area contributed by atoms with Crippen LogP contribution in [0.15, 0.2) is 109 Å². The molecule has 0 aromatic rings. The van der Waals surface area contributed by atoms with Crippen LogP contribution in [0.4, 0.5) is 0 Å². The van der Waals surface area contributed by atoms with Gasteiger partial charge in [0.1, 0.15) is 48.8 Å². The van der Waals surface area contributed by atoms with Crippen LogP contribution < -0.4 is 5.32 Å². The molecule has 2 heterocycles. The van der Waals surface area contributed by atoms with Gasteiger partial charge in [-0.1, -0.05) is 322 Å². The minimum Gasteiger partial charge on any atom is -0.394 e. The number of unbranched alkanes of at least 4 members (excludes halogenated alkanes) is 32. The molecule has 12 atom stereocenters. The molecule has 14 nitrogen and oxygen atoms in total. The highest BCUT2D eigenvalue weighted by atomic mass is 16.7. The van der Waals surface area contributed by atoms with E-state index in [1.807, 2.05) is 0 Å². The fourth-order valence-electron chi connectivity index (χ4n) is 12.2. The van der Waals surface area contributed by atoms with Gasteiger partial charge in [-0.15, -0.1) is 0 Å². The zero-order valence-electron chi connectivity index (χ0n) is 59.9. The smallest absolute Gasteiger partial charge is 0.220 e. The molecule has 0 aliphatic carbocycles. The van der Waals surface area contributed by atoms with Crippen molar-refractivity contribution in [2.45, 2.75) is 376 Å². The van der Waals surface area contributed by atoms with E-state index in [2.05, 4.69) is 129 Å². The summed E-state index contributed by atoms with van der Waals surface area (Å²) < 4.78 is 23.0. The summed E-state index contributed by atoms with van der Waals surface area (Å²) in [6.45, 7) is 2.77. The van der Waals surface area contributed by atoms with E-state index in [9.17, 15) is 45.6 Å². The first-order chi connectivity index (χ1) is 46.6. The third-order valence-corrected chi connectivity index (χ3v) is 18.3. The molecular formula is C81H141NO13. The lowest BCUT2D eigenvalue weighted by molar-refractivity contribution is -0.359. The van der Waals surface area contributed by atoms with Crippen molar-refractivity contribution >= 4 is 5.91 Å². The molecule has 0 aromatic carbocycles. The Hall–Kier alpha value is -3.35. The Kier molecular flexibility index (Phi) is 59.2. The van der Waals surface area contributed by atoms with E-state index in [0.29, 0.717) is 12.8 Å². The number of rotatable bonds is 63. The number of carbonyl (C=O) groups excluding carboxylic acids is 1. The third-order valence-electron chi connectivity index (χ3n) is 18.3. The van der Waals surface area contributed by atoms with E-state index < -0.39 is 86.8 Å². The number of nitrogens with one attached hydrogen (secondary N) is 1. The number of ether oxygens (including phenoxy) is 4. The van der Waals surface area contributed by atoms with Gasteiger partial charge in [-0.05, 0) is 83.5 Å². The Labute approximate surface area is 578 Å². The van der Waals surface area contributed by atoms with Crippen molar-refractivity contribution in [1.82, 2.24) is 5.32 Å². The molecule has 2 aliphatic rings. The second-order valence-corrected chi connectivity index (χ2v) is 26.8. The van der Waals surface area contributed by atoms with Crippen LogP contribution in [0.2, 0.25) is 0 Å². The van der Waals surface area contributed by atoms with Crippen LogP contribution in [0.1, 0.15) is 303 Å². The fraction of sp³-hybridized carbons (Fsp3) is 0.765. The Bertz CT molecular complexity index is 2010. The van der Waals surface area contributed by atoms with Crippen LogP contribution in [0, 0.1) is 0 Å². The zero-order chi connectivity index (χ0) is 68.7. The van der Waals surface area contributed by atoms with Crippen molar-refractivity contribution in [3.05, 3.63) is 109 Å². The maximum atomic E-state index is 13.4. The maximum Gasteiger partial charge on any atom is 0.220 e. The second kappa shape index (κ2) is 64.1. The maximum absolute atomic E-state index is 13.4. The molecule has 0 bridgehead atoms. The molecule has 1 amide bonds. The molecule has 0 radical (unpaired) electrons. The molecule has 2 fully saturated rings. The summed E-state index contributed by atoms with van der Waals surface area (Å²) in [4.78, 5) is 13.4. The van der Waals surface area contributed by atoms with Crippen molar-refractivity contribution in [3.8, 4) is 0 Å². The van der Waals surface area contributed by atoms with Crippen molar-refractivity contribution in [1.29, 1.82) is 0 Å². The first kappa shape index (κ1) is 87.7. The van der Waals surface area contributed by atoms with Crippen LogP contribution in [0.5, 0.6) is 0 Å². The molecule has 95 heavy (non-hydrogen) atoms. The summed E-state index contributed by atoms with van der Waals surface area (Å²) in [7, 11) is 0. The minimum absolute atomic E-state index is 0.219. The Morgan fingerprint density at radius 3 is 1.12 bits per heavy atom. The number of aliphatic hydroxyl groups is 8. The van der Waals surface area contributed by atoms with Gasteiger partial charge in [-0.2, -0.15) is 0 Å². The van der Waals surface area contributed by atoms with Crippen LogP contribution >= 0.6 is 0 Å². The van der Waals surface area contributed by atoms with E-state index >= 15 is 0 Å². The van der Waals surface area contributed by atoms with E-state index in [1.54, 1.807) is 0 Å². The molecule has 548 valence electrons. The summed E-state index contributed by atoms with van der Waals surface area (Å²) in [5.74, 6) is -0.219. The van der Waals surface area contributed by atoms with Gasteiger partial charge < -0.3 is 65.1 Å². The van der Waals surface area contributed by atoms with Gasteiger partial charge in [-0.25, -0.2) is 0 Å². The van der Waals surface area contributed by atoms with Crippen LogP contribution in [0.25, 0.3) is 0 Å². The van der Waals surface area contributed by atoms with Crippen molar-refractivity contribution in [3.63, 3.8) is 0 Å². The Morgan fingerprint density at radius 2 is 0.726 bits per heavy atom. The van der Waals surface area contributed by atoms with E-state index in [4.69, 9.17) is 18.9 Å². The number of allylic oxidation sites excluding steroid dienone is 18. The van der Waals surface area contributed by atoms with Gasteiger partial charge in [0.05, 0.1) is 32.0 Å². The summed E-state index contributed by atoms with van der Waals surface area (Å²) in [6, 6.07) is -0.845. The van der Waals surface area contributed by atoms with Gasteiger partial charge in [0.2, 0.25) is 5.91 Å². The highest BCUT2D eigenvalue weighted by molar-refractivity contribution is 5.76. The summed E-state index contributed by atoms with van der Waals surface area (Å²) >= 11 is 0. The summed E-state index contributed by atoms with van der Waals surface area (Å²) in [5, 5.41) is 87.8. The van der Waals surface area contributed by atoms with Crippen molar-refractivity contribution in [2.24, 2.45) is 0 Å². The van der Waals surface area contributed by atoms with Gasteiger partial charge in [0.25, 0.3) is 0 Å². The average Bonchev–Trinajstić information content (AvgIpc) is 0.800. The van der Waals surface area contributed by atoms with E-state index in [-0.39, 0.29) is 18.9 Å². The van der Waals surface area contributed by atoms with Gasteiger partial charge in [0, 0.05) is 6.42 Å². The first-order valence-electron chi connectivity index (χ1n) is 38.6. The van der Waals surface area contributed by atoms with Crippen LogP contribution in [-0.2, 0) is 23.7 Å². The lowest BCUT2D eigenvalue weighted by Gasteiger charge is -2.46. The lowest BCUT2D eigenvalue weighted by Crippen LogP contribution is -2.65. The standard InChI is InChI=1S/C81H141NO13/c1-3-5-7-9-11-13-15-17-19-21-23-25-27-29-31-32-33-34-35-36-37-38-39-41-43-45-47-49-51-53-55-57-59-61-63-65-73(86)82-69(68-92-80-78(91)76(89)79(72(67-84)94-80)95-81-77(90)75(88)74(87)71(66-83)93-81)70(85)64-62-60-58-56-54-52-50-48-46-44-42-40-30-28-26-24-22-20-18-16-14-12-10-8-6-4-2/h5,7,11,13,17,19,23,25,29,31,33-34,36-37,39,41,45,47,69-72,74-81,83-85,87-91H,3-4,6,8-10,12,14-16,18,20-22,24,26-28,30,32,35,38,40,42-44,46,48-68H2,1-2H3,(H,82,86)/b7-5-,13-11-,19-17-,25-23-,31-29-,34-33-,37-36-,41-39-,47-45-. The predicted octanol–water partition coefficient (Wildman–Crippen LogP) is 17.1. The monoisotopic (exact) mass is 1340 g/mol. The van der Waals surface area contributed by atoms with Gasteiger partial charge in [0.15, 0.2) is 12.6 Å². The van der Waals surface area contributed by atoms with Gasteiger partial charge in [-0.3, -0.25) is 4.79 Å². The molecule has 14 heteroatoms. The predicted molar refractivity (Wildman–Crippen MR) is 392 cm³/mol. The molecule has 9 N–H and O–H groups in total. The van der Waals surface area contributed by atoms with Crippen molar-refractivity contribution < 1.29 is 64.6 Å². The molecule has 2 aliphatic heterocycles. The topological polar surface area (TPSA) is 228 Å². The molecule has 12 unspecified atom stereocenters. The number of amides is 1. The number of hydrogen-bond donors (Lipinski definition) is 9. The molecule has 0 aromatic heterocycles. The highest BCUT2D eigenvalue weighted by Gasteiger charge is 2.51. The Morgan fingerprint density at radius 1 is 0.389 bits per heavy atom. The van der Waals surface area contributed by atoms with E-state index in [0.717, 1.165) is 122 Å². The third kappa shape index (κ3) is 47.4. The normalized spacial score (nSPS) is 23.0. The SMILES string of the molecule is CC/C=C\C/C=C\C/C=C\C/C=C\C/C=C\C/C=C\C/C=C\C/C=C\C/C=C\CCCCCCCCCC(=O)NC(COC1OC(CO)C(OC2OC(CO)C(O)C(O)C2O)C(O)C1O)C(O)CCCCCCCCCCCCCCCCCCCCCCCCCCCC.